The smallest absolute Gasteiger partial charge is 0.410 e. The molecule has 3 heterocycles. The van der Waals surface area contributed by atoms with Gasteiger partial charge in [0.05, 0.1) is 5.69 Å². The first-order chi connectivity index (χ1) is 12.5. The summed E-state index contributed by atoms with van der Waals surface area (Å²) in [6.45, 7) is 5.26. The van der Waals surface area contributed by atoms with Crippen molar-refractivity contribution in [3.63, 3.8) is 0 Å². The molecule has 0 saturated carbocycles. The van der Waals surface area contributed by atoms with E-state index in [1.54, 1.807) is 23.1 Å². The Morgan fingerprint density at radius 1 is 1.42 bits per heavy atom. The number of anilines is 2. The van der Waals surface area contributed by atoms with Crippen LogP contribution in [0.1, 0.15) is 43.8 Å². The third kappa shape index (κ3) is 4.85. The summed E-state index contributed by atoms with van der Waals surface area (Å²) in [7, 11) is 0. The van der Waals surface area contributed by atoms with Gasteiger partial charge in [-0.25, -0.2) is 9.78 Å². The van der Waals surface area contributed by atoms with Crippen LogP contribution in [0.25, 0.3) is 0 Å². The van der Waals surface area contributed by atoms with Crippen molar-refractivity contribution in [1.82, 2.24) is 15.2 Å². The van der Waals surface area contributed by atoms with E-state index >= 15 is 0 Å². The molecular formula is C17H23N5O2S2. The SMILES string of the molecule is CCc1nnc(SCc2cc(N3CCCCC3C)cc(NC(=O)O)n2)s1. The highest BCUT2D eigenvalue weighted by molar-refractivity contribution is 8.00. The first-order valence-corrected chi connectivity index (χ1v) is 10.6. The number of piperidine rings is 1. The molecule has 0 aromatic carbocycles. The van der Waals surface area contributed by atoms with Crippen molar-refractivity contribution in [3.8, 4) is 0 Å². The molecule has 2 N–H and O–H groups in total. The van der Waals surface area contributed by atoms with Gasteiger partial charge in [0, 0.05) is 30.1 Å². The summed E-state index contributed by atoms with van der Waals surface area (Å²) in [5, 5.41) is 20.8. The minimum Gasteiger partial charge on any atom is -0.465 e. The highest BCUT2D eigenvalue weighted by Gasteiger charge is 2.20. The Balaban J connectivity index is 1.80. The molecule has 2 aromatic rings. The highest BCUT2D eigenvalue weighted by Crippen LogP contribution is 2.30. The fourth-order valence-corrected chi connectivity index (χ4v) is 4.77. The second kappa shape index (κ2) is 8.68. The molecule has 1 aliphatic heterocycles. The number of thioether (sulfide) groups is 1. The lowest BCUT2D eigenvalue weighted by molar-refractivity contribution is 0.209. The van der Waals surface area contributed by atoms with E-state index in [1.807, 2.05) is 6.07 Å². The average molecular weight is 394 g/mol. The maximum atomic E-state index is 11.1. The van der Waals surface area contributed by atoms with Crippen molar-refractivity contribution in [1.29, 1.82) is 0 Å². The van der Waals surface area contributed by atoms with Crippen molar-refractivity contribution in [3.05, 3.63) is 22.8 Å². The maximum Gasteiger partial charge on any atom is 0.410 e. The van der Waals surface area contributed by atoms with Gasteiger partial charge in [0.1, 0.15) is 10.8 Å². The Bertz CT molecular complexity index is 767. The molecule has 1 atom stereocenters. The van der Waals surface area contributed by atoms with Gasteiger partial charge in [0.2, 0.25) is 0 Å². The molecule has 1 fully saturated rings. The van der Waals surface area contributed by atoms with Crippen LogP contribution in [-0.2, 0) is 12.2 Å². The molecule has 0 radical (unpaired) electrons. The van der Waals surface area contributed by atoms with Crippen molar-refractivity contribution >= 4 is 40.7 Å². The van der Waals surface area contributed by atoms with Gasteiger partial charge in [-0.3, -0.25) is 5.32 Å². The van der Waals surface area contributed by atoms with Crippen LogP contribution < -0.4 is 10.2 Å². The van der Waals surface area contributed by atoms with E-state index in [2.05, 4.69) is 45.3 Å². The standard InChI is InChI=1S/C17H23N5O2S2/c1-3-15-20-21-17(26-15)25-10-12-8-13(9-14(18-12)19-16(23)24)22-7-5-4-6-11(22)2/h8-9,11H,3-7,10H2,1-2H3,(H,18,19)(H,23,24). The highest BCUT2D eigenvalue weighted by atomic mass is 32.2. The number of carboxylic acid groups (broad SMARTS) is 1. The number of nitrogens with zero attached hydrogens (tertiary/aromatic N) is 4. The number of hydrogen-bond donors (Lipinski definition) is 2. The fraction of sp³-hybridized carbons (Fsp3) is 0.529. The van der Waals surface area contributed by atoms with Gasteiger partial charge in [0.15, 0.2) is 4.34 Å². The maximum absolute atomic E-state index is 11.1. The number of pyridine rings is 1. The van der Waals surface area contributed by atoms with Crippen LogP contribution in [-0.4, -0.2) is 39.0 Å². The monoisotopic (exact) mass is 393 g/mol. The van der Waals surface area contributed by atoms with Gasteiger partial charge in [0.25, 0.3) is 0 Å². The van der Waals surface area contributed by atoms with Crippen molar-refractivity contribution < 1.29 is 9.90 Å². The van der Waals surface area contributed by atoms with E-state index in [0.717, 1.165) is 46.5 Å². The molecule has 2 aromatic heterocycles. The topological polar surface area (TPSA) is 91.2 Å². The number of hydrogen-bond acceptors (Lipinski definition) is 7. The zero-order chi connectivity index (χ0) is 18.5. The third-order valence-corrected chi connectivity index (χ3v) is 6.56. The summed E-state index contributed by atoms with van der Waals surface area (Å²) in [4.78, 5) is 17.9. The molecule has 26 heavy (non-hydrogen) atoms. The van der Waals surface area contributed by atoms with Crippen molar-refractivity contribution in [2.45, 2.75) is 55.7 Å². The number of aromatic nitrogens is 3. The fourth-order valence-electron chi connectivity index (χ4n) is 3.04. The Hall–Kier alpha value is -1.87. The van der Waals surface area contributed by atoms with E-state index in [9.17, 15) is 4.79 Å². The Morgan fingerprint density at radius 2 is 2.27 bits per heavy atom. The molecule has 140 valence electrons. The molecule has 1 unspecified atom stereocenters. The number of aryl methyl sites for hydroxylation is 1. The van der Waals surface area contributed by atoms with Crippen molar-refractivity contribution in [2.24, 2.45) is 0 Å². The van der Waals surface area contributed by atoms with Crippen molar-refractivity contribution in [2.75, 3.05) is 16.8 Å². The normalized spacial score (nSPS) is 17.3. The minimum atomic E-state index is -1.10. The van der Waals surface area contributed by atoms with Gasteiger partial charge < -0.3 is 10.0 Å². The molecule has 9 heteroatoms. The molecule has 0 spiro atoms. The first kappa shape index (κ1) is 18.9. The summed E-state index contributed by atoms with van der Waals surface area (Å²) < 4.78 is 0.910. The molecule has 1 amide bonds. The summed E-state index contributed by atoms with van der Waals surface area (Å²) in [6.07, 6.45) is 3.33. The van der Waals surface area contributed by atoms with Gasteiger partial charge in [-0.2, -0.15) is 0 Å². The van der Waals surface area contributed by atoms with Crippen LogP contribution in [0.5, 0.6) is 0 Å². The zero-order valence-electron chi connectivity index (χ0n) is 14.9. The lowest BCUT2D eigenvalue weighted by atomic mass is 10.0. The van der Waals surface area contributed by atoms with E-state index in [1.165, 1.54) is 6.42 Å². The Morgan fingerprint density at radius 3 is 2.96 bits per heavy atom. The summed E-state index contributed by atoms with van der Waals surface area (Å²) in [6, 6.07) is 4.33. The van der Waals surface area contributed by atoms with Crippen LogP contribution in [0.4, 0.5) is 16.3 Å². The van der Waals surface area contributed by atoms with Crippen LogP contribution in [0.15, 0.2) is 16.5 Å². The molecular weight excluding hydrogens is 370 g/mol. The van der Waals surface area contributed by atoms with Crippen LogP contribution in [0, 0.1) is 0 Å². The van der Waals surface area contributed by atoms with E-state index in [-0.39, 0.29) is 0 Å². The summed E-state index contributed by atoms with van der Waals surface area (Å²) in [5.41, 5.74) is 1.86. The van der Waals surface area contributed by atoms with E-state index in [4.69, 9.17) is 5.11 Å². The Kier molecular flexibility index (Phi) is 6.31. The third-order valence-electron chi connectivity index (χ3n) is 4.33. The summed E-state index contributed by atoms with van der Waals surface area (Å²) in [5.74, 6) is 0.998. The van der Waals surface area contributed by atoms with Gasteiger partial charge in [-0.05, 0) is 38.7 Å². The molecule has 0 aliphatic carbocycles. The predicted octanol–water partition coefficient (Wildman–Crippen LogP) is 4.26. The summed E-state index contributed by atoms with van der Waals surface area (Å²) >= 11 is 3.17. The number of nitrogens with one attached hydrogen (secondary N) is 1. The Labute approximate surface area is 161 Å². The lowest BCUT2D eigenvalue weighted by Crippen LogP contribution is -2.37. The quantitative estimate of drug-likeness (QED) is 0.709. The molecule has 3 rings (SSSR count). The number of rotatable bonds is 6. The molecule has 1 saturated heterocycles. The molecule has 7 nitrogen and oxygen atoms in total. The van der Waals surface area contributed by atoms with E-state index in [0.29, 0.717) is 17.6 Å². The van der Waals surface area contributed by atoms with Crippen LogP contribution in [0.2, 0.25) is 0 Å². The van der Waals surface area contributed by atoms with E-state index < -0.39 is 6.09 Å². The average Bonchev–Trinajstić information content (AvgIpc) is 3.08. The number of carbonyl (C=O) groups is 1. The second-order valence-electron chi connectivity index (χ2n) is 6.27. The molecule has 1 aliphatic rings. The minimum absolute atomic E-state index is 0.370. The molecule has 0 bridgehead atoms. The van der Waals surface area contributed by atoms with Gasteiger partial charge in [-0.15, -0.1) is 10.2 Å². The predicted molar refractivity (Wildman–Crippen MR) is 105 cm³/mol. The second-order valence-corrected chi connectivity index (χ2v) is 8.56. The lowest BCUT2D eigenvalue weighted by Gasteiger charge is -2.35. The largest absolute Gasteiger partial charge is 0.465 e. The first-order valence-electron chi connectivity index (χ1n) is 8.78. The van der Waals surface area contributed by atoms with Gasteiger partial charge >= 0.3 is 6.09 Å². The van der Waals surface area contributed by atoms with Gasteiger partial charge in [-0.1, -0.05) is 30.0 Å². The van der Waals surface area contributed by atoms with Crippen LogP contribution >= 0.6 is 23.1 Å². The van der Waals surface area contributed by atoms with Crippen LogP contribution in [0.3, 0.4) is 0 Å². The zero-order valence-corrected chi connectivity index (χ0v) is 16.6. The number of amides is 1.